The normalized spacial score (nSPS) is 12.0. The maximum absolute atomic E-state index is 12.4. The Morgan fingerprint density at radius 2 is 1.77 bits per heavy atom. The lowest BCUT2D eigenvalue weighted by molar-refractivity contribution is -0.0500. The van der Waals surface area contributed by atoms with Crippen LogP contribution in [0.2, 0.25) is 0 Å². The molecule has 1 rings (SSSR count). The molecule has 8 heteroatoms. The van der Waals surface area contributed by atoms with E-state index in [1.807, 2.05) is 13.8 Å². The number of halogens is 3. The number of ether oxygens (including phenoxy) is 1. The molecule has 0 amide bonds. The SMILES string of the molecule is COc1ccc(OS(=O)(=O)C(F)(F)F)c(CC(C)=C(C)C)c1. The molecule has 1 aromatic carbocycles. The summed E-state index contributed by atoms with van der Waals surface area (Å²) in [5, 5.41) is 0. The first-order valence-corrected chi connectivity index (χ1v) is 7.69. The second-order valence-electron chi connectivity index (χ2n) is 4.91. The summed E-state index contributed by atoms with van der Waals surface area (Å²) >= 11 is 0. The molecule has 0 aliphatic carbocycles. The van der Waals surface area contributed by atoms with E-state index in [0.717, 1.165) is 17.2 Å². The molecule has 22 heavy (non-hydrogen) atoms. The minimum atomic E-state index is -5.71. The van der Waals surface area contributed by atoms with E-state index >= 15 is 0 Å². The summed E-state index contributed by atoms with van der Waals surface area (Å²) in [6.07, 6.45) is 0.252. The summed E-state index contributed by atoms with van der Waals surface area (Å²) in [4.78, 5) is 0. The van der Waals surface area contributed by atoms with Gasteiger partial charge in [-0.1, -0.05) is 11.1 Å². The van der Waals surface area contributed by atoms with Crippen molar-refractivity contribution in [2.45, 2.75) is 32.7 Å². The highest BCUT2D eigenvalue weighted by Gasteiger charge is 2.48. The zero-order valence-electron chi connectivity index (χ0n) is 12.6. The smallest absolute Gasteiger partial charge is 0.497 e. The van der Waals surface area contributed by atoms with Gasteiger partial charge in [0.25, 0.3) is 0 Å². The molecule has 0 saturated heterocycles. The predicted octanol–water partition coefficient (Wildman–Crippen LogP) is 3.82. The molecular weight excluding hydrogens is 321 g/mol. The van der Waals surface area contributed by atoms with Gasteiger partial charge in [0, 0.05) is 5.56 Å². The van der Waals surface area contributed by atoms with Gasteiger partial charge in [-0.3, -0.25) is 0 Å². The first kappa shape index (κ1) is 18.3. The highest BCUT2D eigenvalue weighted by Crippen LogP contribution is 2.32. The van der Waals surface area contributed by atoms with Crippen LogP contribution in [0.15, 0.2) is 29.3 Å². The van der Waals surface area contributed by atoms with E-state index in [1.165, 1.54) is 19.2 Å². The number of hydrogen-bond acceptors (Lipinski definition) is 4. The van der Waals surface area contributed by atoms with Crippen LogP contribution in [0.1, 0.15) is 26.3 Å². The number of benzene rings is 1. The number of allylic oxidation sites excluding steroid dienone is 2. The van der Waals surface area contributed by atoms with Gasteiger partial charge in [-0.05, 0) is 45.4 Å². The Morgan fingerprint density at radius 3 is 2.23 bits per heavy atom. The van der Waals surface area contributed by atoms with E-state index in [-0.39, 0.29) is 12.2 Å². The van der Waals surface area contributed by atoms with E-state index in [0.29, 0.717) is 11.3 Å². The standard InChI is InChI=1S/C14H17F3O4S/c1-9(2)10(3)7-11-8-12(20-4)5-6-13(11)21-22(18,19)14(15,16)17/h5-6,8H,7H2,1-4H3. The lowest BCUT2D eigenvalue weighted by Crippen LogP contribution is -2.28. The summed E-state index contributed by atoms with van der Waals surface area (Å²) in [6, 6.07) is 3.94. The molecule has 0 saturated carbocycles. The van der Waals surface area contributed by atoms with Gasteiger partial charge < -0.3 is 8.92 Å². The highest BCUT2D eigenvalue weighted by atomic mass is 32.2. The summed E-state index contributed by atoms with van der Waals surface area (Å²) in [6.45, 7) is 5.50. The van der Waals surface area contributed by atoms with Crippen molar-refractivity contribution in [3.63, 3.8) is 0 Å². The second-order valence-corrected chi connectivity index (χ2v) is 6.45. The lowest BCUT2D eigenvalue weighted by Gasteiger charge is -2.14. The largest absolute Gasteiger partial charge is 0.534 e. The molecule has 0 unspecified atom stereocenters. The predicted molar refractivity (Wildman–Crippen MR) is 76.3 cm³/mol. The van der Waals surface area contributed by atoms with Gasteiger partial charge in [-0.15, -0.1) is 0 Å². The van der Waals surface area contributed by atoms with Crippen LogP contribution >= 0.6 is 0 Å². The van der Waals surface area contributed by atoms with Crippen LogP contribution in [0.4, 0.5) is 13.2 Å². The molecule has 0 N–H and O–H groups in total. The number of alkyl halides is 3. The van der Waals surface area contributed by atoms with Crippen LogP contribution in [0.25, 0.3) is 0 Å². The van der Waals surface area contributed by atoms with E-state index in [2.05, 4.69) is 4.18 Å². The summed E-state index contributed by atoms with van der Waals surface area (Å²) in [7, 11) is -4.30. The van der Waals surface area contributed by atoms with Gasteiger partial charge >= 0.3 is 15.6 Å². The van der Waals surface area contributed by atoms with Gasteiger partial charge in [0.15, 0.2) is 0 Å². The molecule has 0 spiro atoms. The summed E-state index contributed by atoms with van der Waals surface area (Å²) in [5.74, 6) is 0.0343. The third-order valence-electron chi connectivity index (χ3n) is 3.06. The van der Waals surface area contributed by atoms with Crippen molar-refractivity contribution in [3.8, 4) is 11.5 Å². The lowest BCUT2D eigenvalue weighted by atomic mass is 10.0. The maximum atomic E-state index is 12.4. The molecule has 4 nitrogen and oxygen atoms in total. The summed E-state index contributed by atoms with van der Waals surface area (Å²) in [5.41, 5.74) is -3.31. The van der Waals surface area contributed by atoms with Crippen LogP contribution in [0, 0.1) is 0 Å². The highest BCUT2D eigenvalue weighted by molar-refractivity contribution is 7.88. The van der Waals surface area contributed by atoms with Crippen LogP contribution < -0.4 is 8.92 Å². The first-order valence-electron chi connectivity index (χ1n) is 6.28. The molecule has 0 aliphatic heterocycles. The minimum Gasteiger partial charge on any atom is -0.497 e. The van der Waals surface area contributed by atoms with Crippen molar-refractivity contribution in [2.24, 2.45) is 0 Å². The van der Waals surface area contributed by atoms with Crippen LogP contribution in [0.5, 0.6) is 11.5 Å². The topological polar surface area (TPSA) is 52.6 Å². The Labute approximate surface area is 127 Å². The molecular formula is C14H17F3O4S. The van der Waals surface area contributed by atoms with Crippen molar-refractivity contribution in [3.05, 3.63) is 34.9 Å². The first-order chi connectivity index (χ1) is 9.98. The van der Waals surface area contributed by atoms with Gasteiger partial charge in [-0.25, -0.2) is 0 Å². The quantitative estimate of drug-likeness (QED) is 0.465. The van der Waals surface area contributed by atoms with E-state index in [4.69, 9.17) is 4.74 Å². The van der Waals surface area contributed by atoms with Crippen molar-refractivity contribution in [1.82, 2.24) is 0 Å². The Balaban J connectivity index is 3.28. The van der Waals surface area contributed by atoms with Crippen molar-refractivity contribution >= 4 is 10.1 Å². The Kier molecular flexibility index (Phi) is 5.50. The fourth-order valence-electron chi connectivity index (χ4n) is 1.53. The number of hydrogen-bond donors (Lipinski definition) is 0. The van der Waals surface area contributed by atoms with Gasteiger partial charge in [0.05, 0.1) is 7.11 Å². The molecule has 1 aromatic rings. The Morgan fingerprint density at radius 1 is 1.18 bits per heavy atom. The van der Waals surface area contributed by atoms with Gasteiger partial charge in [-0.2, -0.15) is 21.6 Å². The molecule has 0 atom stereocenters. The Hall–Kier alpha value is -1.70. The third kappa shape index (κ3) is 4.40. The number of methoxy groups -OCH3 is 1. The van der Waals surface area contributed by atoms with E-state index in [9.17, 15) is 21.6 Å². The van der Waals surface area contributed by atoms with E-state index in [1.54, 1.807) is 6.92 Å². The fraction of sp³-hybridized carbons (Fsp3) is 0.429. The molecule has 0 radical (unpaired) electrons. The molecule has 124 valence electrons. The van der Waals surface area contributed by atoms with Gasteiger partial charge in [0.1, 0.15) is 11.5 Å². The number of rotatable bonds is 5. The molecule has 0 aliphatic rings. The Bertz CT molecular complexity index is 672. The maximum Gasteiger partial charge on any atom is 0.534 e. The molecule has 0 heterocycles. The fourth-order valence-corrected chi connectivity index (χ4v) is 2.02. The van der Waals surface area contributed by atoms with E-state index < -0.39 is 15.6 Å². The van der Waals surface area contributed by atoms with Crippen LogP contribution in [-0.2, 0) is 16.5 Å². The molecule has 0 bridgehead atoms. The average Bonchev–Trinajstić information content (AvgIpc) is 2.38. The zero-order valence-corrected chi connectivity index (χ0v) is 13.4. The zero-order chi connectivity index (χ0) is 17.1. The van der Waals surface area contributed by atoms with Crippen LogP contribution in [-0.4, -0.2) is 21.0 Å². The molecule has 0 fully saturated rings. The summed E-state index contributed by atoms with van der Waals surface area (Å²) < 4.78 is 68.9. The minimum absolute atomic E-state index is 0.252. The van der Waals surface area contributed by atoms with Crippen LogP contribution in [0.3, 0.4) is 0 Å². The van der Waals surface area contributed by atoms with Crippen molar-refractivity contribution in [1.29, 1.82) is 0 Å². The van der Waals surface area contributed by atoms with Crippen molar-refractivity contribution in [2.75, 3.05) is 7.11 Å². The van der Waals surface area contributed by atoms with Gasteiger partial charge in [0.2, 0.25) is 0 Å². The average molecular weight is 338 g/mol. The monoisotopic (exact) mass is 338 g/mol. The molecule has 0 aromatic heterocycles. The third-order valence-corrected chi connectivity index (χ3v) is 4.03. The van der Waals surface area contributed by atoms with Crippen molar-refractivity contribution < 1.29 is 30.5 Å². The second kappa shape index (κ2) is 6.60.